The lowest BCUT2D eigenvalue weighted by Crippen LogP contribution is -2.45. The van der Waals surface area contributed by atoms with Crippen molar-refractivity contribution in [3.8, 4) is 0 Å². The minimum Gasteiger partial charge on any atom is -0.386 e. The molecule has 2 aromatic rings. The van der Waals surface area contributed by atoms with Gasteiger partial charge in [-0.3, -0.25) is 5.32 Å². The number of rotatable bonds is 9. The van der Waals surface area contributed by atoms with Gasteiger partial charge in [0.2, 0.25) is 0 Å². The predicted octanol–water partition coefficient (Wildman–Crippen LogP) is 4.47. The van der Waals surface area contributed by atoms with Crippen LogP contribution in [0.1, 0.15) is 36.6 Å². The Morgan fingerprint density at radius 3 is 2.63 bits per heavy atom. The number of aryl methyl sites for hydroxylation is 1. The van der Waals surface area contributed by atoms with Gasteiger partial charge >= 0.3 is 0 Å². The summed E-state index contributed by atoms with van der Waals surface area (Å²) in [7, 11) is 3.93. The van der Waals surface area contributed by atoms with Crippen molar-refractivity contribution in [1.29, 1.82) is 0 Å². The molecule has 30 heavy (non-hydrogen) atoms. The summed E-state index contributed by atoms with van der Waals surface area (Å²) in [5.74, 6) is 0. The highest BCUT2D eigenvalue weighted by atomic mass is 32.2. The number of thioether (sulfide) groups is 1. The van der Waals surface area contributed by atoms with Gasteiger partial charge in [-0.05, 0) is 48.4 Å². The van der Waals surface area contributed by atoms with Crippen molar-refractivity contribution < 1.29 is 0 Å². The SMILES string of the molecule is C=CN(C)c1cc(C2=CNC(NC(C)C(N)c3ccc(CC)cc3)S2)ccc1NC. The maximum atomic E-state index is 6.52. The average Bonchev–Trinajstić information content (AvgIpc) is 3.26. The molecule has 3 atom stereocenters. The zero-order valence-corrected chi connectivity index (χ0v) is 19.1. The van der Waals surface area contributed by atoms with Crippen molar-refractivity contribution in [3.05, 3.63) is 78.1 Å². The van der Waals surface area contributed by atoms with Gasteiger partial charge in [0.05, 0.1) is 11.4 Å². The largest absolute Gasteiger partial charge is 0.386 e. The van der Waals surface area contributed by atoms with Crippen LogP contribution in [-0.4, -0.2) is 25.6 Å². The smallest absolute Gasteiger partial charge is 0.130 e. The highest BCUT2D eigenvalue weighted by Gasteiger charge is 2.24. The van der Waals surface area contributed by atoms with Crippen molar-refractivity contribution >= 4 is 28.0 Å². The summed E-state index contributed by atoms with van der Waals surface area (Å²) < 4.78 is 0. The molecule has 5 nitrogen and oxygen atoms in total. The van der Waals surface area contributed by atoms with Gasteiger partial charge in [0.15, 0.2) is 0 Å². The molecule has 2 aromatic carbocycles. The number of benzene rings is 2. The molecule has 0 amide bonds. The molecule has 0 radical (unpaired) electrons. The van der Waals surface area contributed by atoms with Crippen molar-refractivity contribution in [1.82, 2.24) is 10.6 Å². The van der Waals surface area contributed by atoms with Gasteiger partial charge in [0, 0.05) is 37.3 Å². The molecule has 3 rings (SSSR count). The molecule has 5 N–H and O–H groups in total. The third-order valence-corrected chi connectivity index (χ3v) is 6.66. The Kier molecular flexibility index (Phi) is 7.48. The summed E-state index contributed by atoms with van der Waals surface area (Å²) in [6, 6.07) is 15.1. The van der Waals surface area contributed by atoms with Crippen LogP contribution in [0.3, 0.4) is 0 Å². The number of hydrogen-bond donors (Lipinski definition) is 4. The van der Waals surface area contributed by atoms with E-state index in [1.165, 1.54) is 16.0 Å². The minimum atomic E-state index is -0.0647. The van der Waals surface area contributed by atoms with E-state index in [9.17, 15) is 0 Å². The summed E-state index contributed by atoms with van der Waals surface area (Å²) >= 11 is 1.77. The van der Waals surface area contributed by atoms with Crippen LogP contribution in [0.4, 0.5) is 11.4 Å². The normalized spacial score (nSPS) is 17.6. The highest BCUT2D eigenvalue weighted by molar-refractivity contribution is 8.09. The molecule has 0 aliphatic carbocycles. The van der Waals surface area contributed by atoms with Crippen LogP contribution in [0.25, 0.3) is 4.91 Å². The van der Waals surface area contributed by atoms with E-state index >= 15 is 0 Å². The first-order valence-corrected chi connectivity index (χ1v) is 11.3. The summed E-state index contributed by atoms with van der Waals surface area (Å²) in [4.78, 5) is 3.21. The Labute approximate surface area is 184 Å². The van der Waals surface area contributed by atoms with Gasteiger partial charge in [-0.25, -0.2) is 0 Å². The first kappa shape index (κ1) is 22.3. The number of anilines is 2. The maximum absolute atomic E-state index is 6.52. The van der Waals surface area contributed by atoms with Gasteiger partial charge in [0.1, 0.15) is 5.50 Å². The van der Waals surface area contributed by atoms with Crippen LogP contribution in [0, 0.1) is 0 Å². The third-order valence-electron chi connectivity index (χ3n) is 5.54. The Morgan fingerprint density at radius 1 is 1.27 bits per heavy atom. The van der Waals surface area contributed by atoms with Gasteiger partial charge in [-0.1, -0.05) is 55.6 Å². The van der Waals surface area contributed by atoms with Crippen LogP contribution in [0.5, 0.6) is 0 Å². The monoisotopic (exact) mass is 423 g/mol. The topological polar surface area (TPSA) is 65.3 Å². The molecule has 1 aliphatic heterocycles. The van der Waals surface area contributed by atoms with E-state index in [1.807, 2.05) is 25.2 Å². The van der Waals surface area contributed by atoms with Gasteiger partial charge in [0.25, 0.3) is 0 Å². The zero-order valence-electron chi connectivity index (χ0n) is 18.3. The number of nitrogens with two attached hydrogens (primary N) is 1. The summed E-state index contributed by atoms with van der Waals surface area (Å²) in [6.07, 6.45) is 4.93. The highest BCUT2D eigenvalue weighted by Crippen LogP contribution is 2.37. The molecule has 1 aliphatic rings. The molecule has 0 saturated heterocycles. The minimum absolute atomic E-state index is 0.0647. The van der Waals surface area contributed by atoms with Gasteiger partial charge in [-0.2, -0.15) is 0 Å². The molecule has 6 heteroatoms. The molecule has 0 saturated carbocycles. The number of hydrogen-bond acceptors (Lipinski definition) is 6. The fourth-order valence-electron chi connectivity index (χ4n) is 3.47. The van der Waals surface area contributed by atoms with E-state index in [4.69, 9.17) is 5.73 Å². The second kappa shape index (κ2) is 10.1. The van der Waals surface area contributed by atoms with E-state index < -0.39 is 0 Å². The number of nitrogens with zero attached hydrogens (tertiary/aromatic N) is 1. The Balaban J connectivity index is 1.64. The van der Waals surface area contributed by atoms with E-state index in [0.717, 1.165) is 23.4 Å². The first-order chi connectivity index (χ1) is 14.5. The fraction of sp³-hybridized carbons (Fsp3) is 0.333. The lowest BCUT2D eigenvalue weighted by atomic mass is 9.99. The van der Waals surface area contributed by atoms with Crippen molar-refractivity contribution in [2.75, 3.05) is 24.3 Å². The maximum Gasteiger partial charge on any atom is 0.130 e. The lowest BCUT2D eigenvalue weighted by molar-refractivity contribution is 0.444. The first-order valence-electron chi connectivity index (χ1n) is 10.4. The Morgan fingerprint density at radius 2 is 2.00 bits per heavy atom. The standard InChI is InChI=1S/C24H33N5S/c1-6-17-8-10-18(11-9-17)23(25)16(3)28-24-27-15-22(30-24)19-12-13-20(26-4)21(14-19)29(5)7-2/h7-16,23-24,26-28H,2,6,25H2,1,3-5H3. The van der Waals surface area contributed by atoms with E-state index in [-0.39, 0.29) is 17.6 Å². The van der Waals surface area contributed by atoms with Crippen molar-refractivity contribution in [3.63, 3.8) is 0 Å². The summed E-state index contributed by atoms with van der Waals surface area (Å²) in [6.45, 7) is 8.18. The van der Waals surface area contributed by atoms with Gasteiger partial charge < -0.3 is 21.3 Å². The predicted molar refractivity (Wildman–Crippen MR) is 132 cm³/mol. The number of nitrogens with one attached hydrogen (secondary N) is 3. The zero-order chi connectivity index (χ0) is 21.7. The van der Waals surface area contributed by atoms with E-state index in [1.54, 1.807) is 11.8 Å². The lowest BCUT2D eigenvalue weighted by Gasteiger charge is -2.25. The molecule has 0 bridgehead atoms. The molecular weight excluding hydrogens is 390 g/mol. The third kappa shape index (κ3) is 5.01. The molecule has 0 spiro atoms. The van der Waals surface area contributed by atoms with Crippen molar-refractivity contribution in [2.45, 2.75) is 37.8 Å². The van der Waals surface area contributed by atoms with Crippen molar-refractivity contribution in [2.24, 2.45) is 5.73 Å². The van der Waals surface area contributed by atoms with E-state index in [2.05, 4.69) is 85.0 Å². The summed E-state index contributed by atoms with van der Waals surface area (Å²) in [5, 5.41) is 10.3. The molecule has 160 valence electrons. The van der Waals surface area contributed by atoms with Gasteiger partial charge in [-0.15, -0.1) is 0 Å². The Bertz CT molecular complexity index is 893. The molecular formula is C24H33N5S. The fourth-order valence-corrected chi connectivity index (χ4v) is 4.54. The van der Waals surface area contributed by atoms with Crippen LogP contribution < -0.4 is 26.6 Å². The average molecular weight is 424 g/mol. The van der Waals surface area contributed by atoms with Crippen LogP contribution in [0.15, 0.2) is 61.4 Å². The Hall–Kier alpha value is -2.41. The second-order valence-corrected chi connectivity index (χ2v) is 8.67. The van der Waals surface area contributed by atoms with E-state index in [0.29, 0.717) is 0 Å². The molecule has 0 fully saturated rings. The molecule has 1 heterocycles. The van der Waals surface area contributed by atoms with Crippen LogP contribution in [0.2, 0.25) is 0 Å². The van der Waals surface area contributed by atoms with Crippen LogP contribution >= 0.6 is 11.8 Å². The second-order valence-electron chi connectivity index (χ2n) is 7.52. The molecule has 0 aromatic heterocycles. The summed E-state index contributed by atoms with van der Waals surface area (Å²) in [5.41, 5.74) is 12.4. The quantitative estimate of drug-likeness (QED) is 0.477. The van der Waals surface area contributed by atoms with Crippen LogP contribution in [-0.2, 0) is 6.42 Å². The molecule has 3 unspecified atom stereocenters.